The van der Waals surface area contributed by atoms with Crippen LogP contribution in [0.25, 0.3) is 21.7 Å². The molecular formula is C33H39N5O6. The van der Waals surface area contributed by atoms with E-state index in [1.54, 1.807) is 76.8 Å². The number of nitrogens with one attached hydrogen (secondary N) is 3. The highest BCUT2D eigenvalue weighted by Crippen LogP contribution is 2.43. The lowest BCUT2D eigenvalue weighted by Gasteiger charge is -2.35. The highest BCUT2D eigenvalue weighted by molar-refractivity contribution is 6.07. The van der Waals surface area contributed by atoms with Crippen LogP contribution in [0.1, 0.15) is 66.4 Å². The van der Waals surface area contributed by atoms with Gasteiger partial charge in [0.25, 0.3) is 5.56 Å². The Hall–Kier alpha value is -4.59. The van der Waals surface area contributed by atoms with Gasteiger partial charge in [0.05, 0.1) is 6.07 Å². The third-order valence-corrected chi connectivity index (χ3v) is 7.90. The van der Waals surface area contributed by atoms with Crippen LogP contribution in [0.5, 0.6) is 0 Å². The molecule has 2 aliphatic rings. The number of anilines is 1. The number of rotatable bonds is 5. The van der Waals surface area contributed by atoms with Crippen LogP contribution in [0.2, 0.25) is 0 Å². The summed E-state index contributed by atoms with van der Waals surface area (Å²) < 4.78 is 10.9. The number of carbonyl (C=O) groups is 3. The molecule has 3 amide bonds. The number of piperidine rings is 1. The molecule has 3 N–H and O–H groups in total. The number of likely N-dealkylation sites (tertiary alicyclic amines) is 1. The Labute approximate surface area is 255 Å². The molecule has 0 radical (unpaired) electrons. The van der Waals surface area contributed by atoms with E-state index in [1.165, 1.54) is 0 Å². The Morgan fingerprint density at radius 3 is 2.41 bits per heavy atom. The number of fused-ring (bicyclic) bond motifs is 5. The molecule has 44 heavy (non-hydrogen) atoms. The number of hydrogen-bond donors (Lipinski definition) is 3. The number of aromatic nitrogens is 1. The van der Waals surface area contributed by atoms with E-state index < -0.39 is 35.5 Å². The number of amides is 3. The summed E-state index contributed by atoms with van der Waals surface area (Å²) in [6.45, 7) is 10.7. The van der Waals surface area contributed by atoms with Crippen LogP contribution in [-0.4, -0.2) is 57.3 Å². The van der Waals surface area contributed by atoms with Gasteiger partial charge in [-0.3, -0.25) is 19.8 Å². The maximum absolute atomic E-state index is 13.5. The second-order valence-electron chi connectivity index (χ2n) is 13.7. The van der Waals surface area contributed by atoms with Crippen LogP contribution in [0.4, 0.5) is 15.3 Å². The molecule has 3 aromatic rings. The lowest BCUT2D eigenvalue weighted by molar-refractivity contribution is -0.128. The van der Waals surface area contributed by atoms with E-state index in [4.69, 9.17) is 9.47 Å². The van der Waals surface area contributed by atoms with Crippen LogP contribution in [0.15, 0.2) is 41.2 Å². The number of hydrogen-bond acceptors (Lipinski definition) is 7. The summed E-state index contributed by atoms with van der Waals surface area (Å²) in [6, 6.07) is 11.0. The first-order valence-corrected chi connectivity index (χ1v) is 14.9. The van der Waals surface area contributed by atoms with Gasteiger partial charge in [0.1, 0.15) is 23.3 Å². The Bertz CT molecular complexity index is 1730. The van der Waals surface area contributed by atoms with Gasteiger partial charge in [0.15, 0.2) is 0 Å². The van der Waals surface area contributed by atoms with Gasteiger partial charge in [-0.1, -0.05) is 12.1 Å². The number of ether oxygens (including phenoxy) is 2. The topological polar surface area (TPSA) is 154 Å². The largest absolute Gasteiger partial charge is 0.444 e. The van der Waals surface area contributed by atoms with Crippen molar-refractivity contribution in [2.24, 2.45) is 5.92 Å². The molecule has 2 fully saturated rings. The first kappa shape index (κ1) is 30.9. The standard InChI is InChI=1S/C33H39N5O6/c1-32(2,3)43-30(41)36-20-9-12-26-24(16-20)23-11-7-18(14-25(23)28(39)37-26)13-21(17-34)35-29(40)27-19-8-10-22(15-19)38(27)31(42)44-33(4,5)6/h7,9,11-12,14,16,19,21-22,27H,8,10,13,15H2,1-6H3,(H,35,40)(H,36,41)(H,37,39)/t19-,21?,22+,27-/m0/s1. The molecule has 1 aromatic heterocycles. The first-order chi connectivity index (χ1) is 20.6. The average Bonchev–Trinajstić information content (AvgIpc) is 3.53. The molecule has 5 rings (SSSR count). The summed E-state index contributed by atoms with van der Waals surface area (Å²) in [7, 11) is 0. The first-order valence-electron chi connectivity index (χ1n) is 14.9. The summed E-state index contributed by atoms with van der Waals surface area (Å²) in [5.41, 5.74) is 0.170. The maximum Gasteiger partial charge on any atom is 0.412 e. The third kappa shape index (κ3) is 6.64. The zero-order chi connectivity index (χ0) is 32.0. The molecule has 1 saturated carbocycles. The molecule has 2 heterocycles. The second kappa shape index (κ2) is 11.5. The number of carbonyl (C=O) groups excluding carboxylic acids is 3. The number of H-pyrrole nitrogens is 1. The molecule has 1 aliphatic heterocycles. The SMILES string of the molecule is CC(C)(C)OC(=O)Nc1ccc2[nH]c(=O)c3cc(CC(C#N)NC(=O)[C@@H]4[C@H]5CC[C@H](C5)N4C(=O)OC(C)(C)C)ccc3c2c1. The van der Waals surface area contributed by atoms with Gasteiger partial charge in [-0.05, 0) is 102 Å². The highest BCUT2D eigenvalue weighted by atomic mass is 16.6. The summed E-state index contributed by atoms with van der Waals surface area (Å²) in [5.74, 6) is -0.349. The summed E-state index contributed by atoms with van der Waals surface area (Å²) >= 11 is 0. The van der Waals surface area contributed by atoms with Crippen LogP contribution >= 0.6 is 0 Å². The van der Waals surface area contributed by atoms with E-state index in [-0.39, 0.29) is 29.8 Å². The number of benzene rings is 2. The molecule has 11 heteroatoms. The van der Waals surface area contributed by atoms with Crippen molar-refractivity contribution in [3.8, 4) is 6.07 Å². The van der Waals surface area contributed by atoms with E-state index in [2.05, 4.69) is 21.7 Å². The van der Waals surface area contributed by atoms with Gasteiger partial charge >= 0.3 is 12.2 Å². The van der Waals surface area contributed by atoms with Gasteiger partial charge in [-0.2, -0.15) is 5.26 Å². The lowest BCUT2D eigenvalue weighted by Crippen LogP contribution is -2.55. The zero-order valence-electron chi connectivity index (χ0n) is 25.9. The molecule has 1 unspecified atom stereocenters. The number of nitriles is 1. The Morgan fingerprint density at radius 1 is 1.00 bits per heavy atom. The van der Waals surface area contributed by atoms with Crippen molar-refractivity contribution in [3.63, 3.8) is 0 Å². The number of pyridine rings is 1. The van der Waals surface area contributed by atoms with Gasteiger partial charge < -0.3 is 19.8 Å². The monoisotopic (exact) mass is 601 g/mol. The van der Waals surface area contributed by atoms with E-state index in [1.807, 2.05) is 6.07 Å². The van der Waals surface area contributed by atoms with Gasteiger partial charge in [-0.25, -0.2) is 9.59 Å². The Morgan fingerprint density at radius 2 is 1.73 bits per heavy atom. The van der Waals surface area contributed by atoms with Crippen molar-refractivity contribution in [1.82, 2.24) is 15.2 Å². The maximum atomic E-state index is 13.5. The minimum Gasteiger partial charge on any atom is -0.444 e. The average molecular weight is 602 g/mol. The van der Waals surface area contributed by atoms with Gasteiger partial charge in [0, 0.05) is 34.4 Å². The predicted molar refractivity (Wildman–Crippen MR) is 166 cm³/mol. The van der Waals surface area contributed by atoms with Crippen LogP contribution in [0, 0.1) is 17.2 Å². The summed E-state index contributed by atoms with van der Waals surface area (Å²) in [4.78, 5) is 56.2. The smallest absolute Gasteiger partial charge is 0.412 e. The Kier molecular flexibility index (Phi) is 8.05. The quantitative estimate of drug-likeness (QED) is 0.332. The van der Waals surface area contributed by atoms with E-state index in [0.29, 0.717) is 27.5 Å². The number of aromatic amines is 1. The van der Waals surface area contributed by atoms with Crippen molar-refractivity contribution in [1.29, 1.82) is 5.26 Å². The third-order valence-electron chi connectivity index (χ3n) is 7.90. The van der Waals surface area contributed by atoms with E-state index in [9.17, 15) is 24.4 Å². The molecule has 232 valence electrons. The fraction of sp³-hybridized carbons (Fsp3) is 0.485. The summed E-state index contributed by atoms with van der Waals surface area (Å²) in [6.07, 6.45) is 1.49. The van der Waals surface area contributed by atoms with Gasteiger partial charge in [0.2, 0.25) is 5.91 Å². The van der Waals surface area contributed by atoms with Crippen molar-refractivity contribution in [3.05, 3.63) is 52.3 Å². The van der Waals surface area contributed by atoms with Crippen molar-refractivity contribution in [2.45, 2.75) is 96.6 Å². The molecule has 4 atom stereocenters. The molecular weight excluding hydrogens is 562 g/mol. The summed E-state index contributed by atoms with van der Waals surface area (Å²) in [5, 5.41) is 17.3. The van der Waals surface area contributed by atoms with Crippen molar-refractivity contribution < 1.29 is 23.9 Å². The van der Waals surface area contributed by atoms with Gasteiger partial charge in [-0.15, -0.1) is 0 Å². The van der Waals surface area contributed by atoms with Crippen molar-refractivity contribution in [2.75, 3.05) is 5.32 Å². The molecule has 1 aliphatic carbocycles. The normalized spacial score (nSPS) is 20.3. The molecule has 0 spiro atoms. The molecule has 2 aromatic carbocycles. The lowest BCUT2D eigenvalue weighted by atomic mass is 9.97. The minimum atomic E-state index is -0.872. The van der Waals surface area contributed by atoms with Crippen LogP contribution in [0.3, 0.4) is 0 Å². The highest BCUT2D eigenvalue weighted by Gasteiger charge is 2.52. The van der Waals surface area contributed by atoms with Crippen LogP contribution < -0.4 is 16.2 Å². The fourth-order valence-corrected chi connectivity index (χ4v) is 6.23. The molecule has 2 bridgehead atoms. The second-order valence-corrected chi connectivity index (χ2v) is 13.7. The molecule has 11 nitrogen and oxygen atoms in total. The fourth-order valence-electron chi connectivity index (χ4n) is 6.23. The zero-order valence-corrected chi connectivity index (χ0v) is 25.9. The number of nitrogens with zero attached hydrogens (tertiary/aromatic N) is 2. The van der Waals surface area contributed by atoms with Crippen LogP contribution in [-0.2, 0) is 20.7 Å². The predicted octanol–water partition coefficient (Wildman–Crippen LogP) is 5.37. The minimum absolute atomic E-state index is 0.0223. The molecule has 1 saturated heterocycles. The van der Waals surface area contributed by atoms with E-state index in [0.717, 1.165) is 24.6 Å². The van der Waals surface area contributed by atoms with Crippen molar-refractivity contribution >= 4 is 45.5 Å². The Balaban J connectivity index is 1.34. The van der Waals surface area contributed by atoms with E-state index >= 15 is 0 Å².